The minimum absolute atomic E-state index is 0.233. The van der Waals surface area contributed by atoms with E-state index in [-0.39, 0.29) is 5.69 Å². The summed E-state index contributed by atoms with van der Waals surface area (Å²) in [5.74, 6) is -2.10. The average molecular weight is 405 g/mol. The standard InChI is InChI=1S/C24H23NO5/c1-15-20(23(27)29-3)16(2)25-22(15)19(26)14-30-24(28)21(17-10-6-4-7-11-17)18-12-8-5-9-13-18/h4-13,21,25H,14H2,1-3H3. The number of Topliss-reactive ketones (excluding diaryl/α,β-unsaturated/α-hetero) is 1. The molecule has 0 radical (unpaired) electrons. The van der Waals surface area contributed by atoms with Crippen LogP contribution in [-0.4, -0.2) is 36.4 Å². The fraction of sp³-hybridized carbons (Fsp3) is 0.208. The maximum atomic E-state index is 12.9. The Balaban J connectivity index is 1.79. The molecule has 0 aliphatic carbocycles. The zero-order valence-electron chi connectivity index (χ0n) is 17.1. The summed E-state index contributed by atoms with van der Waals surface area (Å²) in [6.45, 7) is 2.90. The molecule has 1 heterocycles. The zero-order chi connectivity index (χ0) is 21.7. The van der Waals surface area contributed by atoms with Crippen molar-refractivity contribution in [3.63, 3.8) is 0 Å². The summed E-state index contributed by atoms with van der Waals surface area (Å²) < 4.78 is 10.2. The molecule has 0 amide bonds. The normalized spacial score (nSPS) is 10.7. The van der Waals surface area contributed by atoms with Gasteiger partial charge in [0.25, 0.3) is 0 Å². The van der Waals surface area contributed by atoms with Crippen LogP contribution in [0.5, 0.6) is 0 Å². The van der Waals surface area contributed by atoms with E-state index in [9.17, 15) is 14.4 Å². The summed E-state index contributed by atoms with van der Waals surface area (Å²) in [4.78, 5) is 40.4. The first-order chi connectivity index (χ1) is 14.4. The van der Waals surface area contributed by atoms with Crippen LogP contribution in [0.1, 0.15) is 49.1 Å². The molecule has 30 heavy (non-hydrogen) atoms. The highest BCUT2D eigenvalue weighted by Gasteiger charge is 2.27. The fourth-order valence-electron chi connectivity index (χ4n) is 3.48. The molecule has 0 fully saturated rings. The van der Waals surface area contributed by atoms with Gasteiger partial charge < -0.3 is 14.5 Å². The SMILES string of the molecule is COC(=O)c1c(C)[nH]c(C(=O)COC(=O)C(c2ccccc2)c2ccccc2)c1C. The van der Waals surface area contributed by atoms with Gasteiger partial charge in [0.1, 0.15) is 5.92 Å². The molecule has 0 unspecified atom stereocenters. The molecule has 3 rings (SSSR count). The van der Waals surface area contributed by atoms with Gasteiger partial charge >= 0.3 is 11.9 Å². The van der Waals surface area contributed by atoms with E-state index < -0.39 is 30.2 Å². The molecule has 0 atom stereocenters. The van der Waals surface area contributed by atoms with E-state index in [1.54, 1.807) is 13.8 Å². The largest absolute Gasteiger partial charge is 0.465 e. The number of aryl methyl sites for hydroxylation is 1. The van der Waals surface area contributed by atoms with Gasteiger partial charge in [-0.05, 0) is 30.5 Å². The number of carbonyl (C=O) groups excluding carboxylic acids is 3. The average Bonchev–Trinajstić information content (AvgIpc) is 3.07. The Labute approximate surface area is 174 Å². The molecule has 2 aromatic carbocycles. The third kappa shape index (κ3) is 4.33. The lowest BCUT2D eigenvalue weighted by Gasteiger charge is -2.16. The molecular formula is C24H23NO5. The Kier molecular flexibility index (Phi) is 6.47. The van der Waals surface area contributed by atoms with Crippen molar-refractivity contribution in [3.05, 3.63) is 94.3 Å². The van der Waals surface area contributed by atoms with Crippen LogP contribution in [-0.2, 0) is 14.3 Å². The van der Waals surface area contributed by atoms with E-state index in [0.29, 0.717) is 16.8 Å². The second kappa shape index (κ2) is 9.22. The first-order valence-corrected chi connectivity index (χ1v) is 9.51. The van der Waals surface area contributed by atoms with Crippen molar-refractivity contribution in [2.75, 3.05) is 13.7 Å². The highest BCUT2D eigenvalue weighted by molar-refractivity contribution is 6.02. The van der Waals surface area contributed by atoms with E-state index >= 15 is 0 Å². The van der Waals surface area contributed by atoms with Crippen molar-refractivity contribution in [3.8, 4) is 0 Å². The molecule has 0 saturated carbocycles. The Bertz CT molecular complexity index is 1010. The molecule has 0 saturated heterocycles. The number of carbonyl (C=O) groups is 3. The molecule has 1 N–H and O–H groups in total. The topological polar surface area (TPSA) is 85.5 Å². The molecule has 0 bridgehead atoms. The van der Waals surface area contributed by atoms with Crippen molar-refractivity contribution >= 4 is 17.7 Å². The molecule has 0 aliphatic heterocycles. The van der Waals surface area contributed by atoms with E-state index in [1.165, 1.54) is 7.11 Å². The number of H-pyrrole nitrogens is 1. The summed E-state index contributed by atoms with van der Waals surface area (Å²) in [5.41, 5.74) is 3.11. The molecule has 6 nitrogen and oxygen atoms in total. The van der Waals surface area contributed by atoms with E-state index in [1.807, 2.05) is 60.7 Å². The van der Waals surface area contributed by atoms with E-state index in [4.69, 9.17) is 9.47 Å². The Morgan fingerprint density at radius 2 is 1.43 bits per heavy atom. The molecule has 1 aromatic heterocycles. The summed E-state index contributed by atoms with van der Waals surface area (Å²) >= 11 is 0. The van der Waals surface area contributed by atoms with Crippen molar-refractivity contribution in [2.45, 2.75) is 19.8 Å². The second-order valence-corrected chi connectivity index (χ2v) is 6.90. The van der Waals surface area contributed by atoms with Gasteiger partial charge in [0.2, 0.25) is 5.78 Å². The Morgan fingerprint density at radius 1 is 0.900 bits per heavy atom. The highest BCUT2D eigenvalue weighted by atomic mass is 16.5. The van der Waals surface area contributed by atoms with E-state index in [0.717, 1.165) is 11.1 Å². The quantitative estimate of drug-likeness (QED) is 0.475. The first kappa shape index (κ1) is 21.0. The van der Waals surface area contributed by atoms with Crippen molar-refractivity contribution in [1.29, 1.82) is 0 Å². The smallest absolute Gasteiger partial charge is 0.339 e. The lowest BCUT2D eigenvalue weighted by Crippen LogP contribution is -2.21. The van der Waals surface area contributed by atoms with Gasteiger partial charge in [-0.1, -0.05) is 60.7 Å². The Morgan fingerprint density at radius 3 is 1.93 bits per heavy atom. The predicted molar refractivity (Wildman–Crippen MR) is 112 cm³/mol. The number of ketones is 1. The van der Waals surface area contributed by atoms with Crippen LogP contribution >= 0.6 is 0 Å². The molecule has 0 aliphatic rings. The maximum absolute atomic E-state index is 12.9. The maximum Gasteiger partial charge on any atom is 0.339 e. The van der Waals surface area contributed by atoms with Crippen LogP contribution in [0.3, 0.4) is 0 Å². The molecule has 3 aromatic rings. The van der Waals surface area contributed by atoms with Gasteiger partial charge in [-0.3, -0.25) is 9.59 Å². The number of aromatic amines is 1. The fourth-order valence-corrected chi connectivity index (χ4v) is 3.48. The van der Waals surface area contributed by atoms with Gasteiger partial charge in [0, 0.05) is 5.69 Å². The molecule has 0 spiro atoms. The van der Waals surface area contributed by atoms with Crippen LogP contribution in [0, 0.1) is 13.8 Å². The Hall–Kier alpha value is -3.67. The third-order valence-corrected chi connectivity index (χ3v) is 4.95. The number of hydrogen-bond donors (Lipinski definition) is 1. The molecular weight excluding hydrogens is 382 g/mol. The number of rotatable bonds is 7. The van der Waals surface area contributed by atoms with Crippen LogP contribution in [0.2, 0.25) is 0 Å². The van der Waals surface area contributed by atoms with Crippen LogP contribution in [0.4, 0.5) is 0 Å². The summed E-state index contributed by atoms with van der Waals surface area (Å²) in [6.07, 6.45) is 0. The number of esters is 2. The highest BCUT2D eigenvalue weighted by Crippen LogP contribution is 2.26. The number of benzene rings is 2. The van der Waals surface area contributed by atoms with Crippen LogP contribution < -0.4 is 0 Å². The van der Waals surface area contributed by atoms with Gasteiger partial charge in [0.15, 0.2) is 6.61 Å². The summed E-state index contributed by atoms with van der Waals surface area (Å²) in [7, 11) is 1.28. The zero-order valence-corrected chi connectivity index (χ0v) is 17.1. The summed E-state index contributed by atoms with van der Waals surface area (Å²) in [6, 6.07) is 18.5. The number of ether oxygens (including phenoxy) is 2. The van der Waals surface area contributed by atoms with Gasteiger partial charge in [-0.25, -0.2) is 4.79 Å². The molecule has 154 valence electrons. The van der Waals surface area contributed by atoms with Crippen molar-refractivity contribution in [2.24, 2.45) is 0 Å². The number of hydrogen-bond acceptors (Lipinski definition) is 5. The number of aromatic nitrogens is 1. The number of methoxy groups -OCH3 is 1. The van der Waals surface area contributed by atoms with Crippen molar-refractivity contribution in [1.82, 2.24) is 4.98 Å². The predicted octanol–water partition coefficient (Wildman–Crippen LogP) is 3.98. The first-order valence-electron chi connectivity index (χ1n) is 9.51. The van der Waals surface area contributed by atoms with Gasteiger partial charge in [0.05, 0.1) is 18.4 Å². The van der Waals surface area contributed by atoms with Crippen LogP contribution in [0.15, 0.2) is 60.7 Å². The monoisotopic (exact) mass is 405 g/mol. The van der Waals surface area contributed by atoms with Gasteiger partial charge in [-0.15, -0.1) is 0 Å². The lowest BCUT2D eigenvalue weighted by atomic mass is 9.91. The minimum atomic E-state index is -0.641. The van der Waals surface area contributed by atoms with Gasteiger partial charge in [-0.2, -0.15) is 0 Å². The third-order valence-electron chi connectivity index (χ3n) is 4.95. The lowest BCUT2D eigenvalue weighted by molar-refractivity contribution is -0.143. The molecule has 6 heteroatoms. The summed E-state index contributed by atoms with van der Waals surface area (Å²) in [5, 5.41) is 0. The minimum Gasteiger partial charge on any atom is -0.465 e. The van der Waals surface area contributed by atoms with Crippen LogP contribution in [0.25, 0.3) is 0 Å². The number of nitrogens with one attached hydrogen (secondary N) is 1. The second-order valence-electron chi connectivity index (χ2n) is 6.90. The van der Waals surface area contributed by atoms with E-state index in [2.05, 4.69) is 4.98 Å². The van der Waals surface area contributed by atoms with Crippen molar-refractivity contribution < 1.29 is 23.9 Å².